The van der Waals surface area contributed by atoms with Crippen LogP contribution in [0, 0.1) is 5.82 Å². The third-order valence-electron chi connectivity index (χ3n) is 5.56. The lowest BCUT2D eigenvalue weighted by Gasteiger charge is -2.22. The second kappa shape index (κ2) is 9.14. The average Bonchev–Trinajstić information content (AvgIpc) is 3.43. The third kappa shape index (κ3) is 4.22. The standard InChI is InChI=1S/C23H22FN7O3/c1-2-18(32)30-11-3-4-16(30)22-29-19(20(21(25)33)31(22)26)13-5-7-14(8-6-13)23(34)28-17-12-15(24)9-10-27-17/h2,5-10,12,16H,1,3-4,11,26H2,(H2,25,33)(H,27,28,34). The number of hydrogen-bond donors (Lipinski definition) is 3. The lowest BCUT2D eigenvalue weighted by atomic mass is 10.1. The number of anilines is 1. The van der Waals surface area contributed by atoms with E-state index in [0.29, 0.717) is 24.4 Å². The molecule has 1 saturated heterocycles. The largest absolute Gasteiger partial charge is 0.364 e. The Morgan fingerprint density at radius 2 is 1.94 bits per heavy atom. The molecular formula is C23H22FN7O3. The predicted molar refractivity (Wildman–Crippen MR) is 122 cm³/mol. The zero-order valence-electron chi connectivity index (χ0n) is 18.1. The maximum Gasteiger partial charge on any atom is 0.269 e. The lowest BCUT2D eigenvalue weighted by Crippen LogP contribution is -2.32. The number of carbonyl (C=O) groups excluding carboxylic acids is 3. The van der Waals surface area contributed by atoms with Crippen LogP contribution in [-0.2, 0) is 4.79 Å². The number of hydrogen-bond acceptors (Lipinski definition) is 6. The molecule has 0 aliphatic carbocycles. The van der Waals surface area contributed by atoms with Gasteiger partial charge >= 0.3 is 0 Å². The van der Waals surface area contributed by atoms with Crippen molar-refractivity contribution in [2.75, 3.05) is 17.7 Å². The molecule has 34 heavy (non-hydrogen) atoms. The molecule has 1 aliphatic heterocycles. The van der Waals surface area contributed by atoms with E-state index in [2.05, 4.69) is 21.9 Å². The summed E-state index contributed by atoms with van der Waals surface area (Å²) in [5.41, 5.74) is 6.58. The van der Waals surface area contributed by atoms with E-state index in [1.807, 2.05) is 0 Å². The monoisotopic (exact) mass is 463 g/mol. The summed E-state index contributed by atoms with van der Waals surface area (Å²) >= 11 is 0. The van der Waals surface area contributed by atoms with Gasteiger partial charge in [-0.2, -0.15) is 0 Å². The van der Waals surface area contributed by atoms with E-state index < -0.39 is 23.7 Å². The maximum absolute atomic E-state index is 13.3. The normalized spacial score (nSPS) is 15.2. The number of pyridine rings is 1. The Morgan fingerprint density at radius 3 is 2.59 bits per heavy atom. The van der Waals surface area contributed by atoms with Gasteiger partial charge in [-0.15, -0.1) is 0 Å². The summed E-state index contributed by atoms with van der Waals surface area (Å²) in [5, 5.41) is 2.51. The number of nitrogens with one attached hydrogen (secondary N) is 1. The molecular weight excluding hydrogens is 441 g/mol. The zero-order valence-corrected chi connectivity index (χ0v) is 18.1. The highest BCUT2D eigenvalue weighted by molar-refractivity contribution is 6.04. The molecule has 3 aromatic rings. The molecule has 0 saturated carbocycles. The number of aromatic nitrogens is 3. The number of nitrogens with two attached hydrogens (primary N) is 2. The minimum atomic E-state index is -0.783. The Hall–Kier alpha value is -4.54. The smallest absolute Gasteiger partial charge is 0.269 e. The van der Waals surface area contributed by atoms with Crippen LogP contribution < -0.4 is 16.9 Å². The van der Waals surface area contributed by atoms with Crippen LogP contribution in [0.5, 0.6) is 0 Å². The van der Waals surface area contributed by atoms with Gasteiger partial charge < -0.3 is 21.8 Å². The first-order valence-electron chi connectivity index (χ1n) is 10.4. The molecule has 11 heteroatoms. The Bertz CT molecular complexity index is 1290. The summed E-state index contributed by atoms with van der Waals surface area (Å²) in [6.07, 6.45) is 3.84. The second-order valence-corrected chi connectivity index (χ2v) is 7.69. The minimum Gasteiger partial charge on any atom is -0.364 e. The van der Waals surface area contributed by atoms with E-state index in [1.165, 1.54) is 30.5 Å². The van der Waals surface area contributed by atoms with Gasteiger partial charge in [0.1, 0.15) is 17.3 Å². The third-order valence-corrected chi connectivity index (χ3v) is 5.56. The molecule has 3 heterocycles. The highest BCUT2D eigenvalue weighted by Gasteiger charge is 2.34. The Labute approximate surface area is 194 Å². The van der Waals surface area contributed by atoms with E-state index in [9.17, 15) is 18.8 Å². The van der Waals surface area contributed by atoms with Crippen LogP contribution >= 0.6 is 0 Å². The molecule has 1 aromatic carbocycles. The van der Waals surface area contributed by atoms with Gasteiger partial charge in [0.15, 0.2) is 11.5 Å². The van der Waals surface area contributed by atoms with Gasteiger partial charge in [-0.25, -0.2) is 19.0 Å². The summed E-state index contributed by atoms with van der Waals surface area (Å²) < 4.78 is 14.4. The summed E-state index contributed by atoms with van der Waals surface area (Å²) in [4.78, 5) is 47.0. The van der Waals surface area contributed by atoms with Crippen molar-refractivity contribution >= 4 is 23.5 Å². The Balaban J connectivity index is 1.64. The summed E-state index contributed by atoms with van der Waals surface area (Å²) in [6.45, 7) is 4.05. The highest BCUT2D eigenvalue weighted by atomic mass is 19.1. The predicted octanol–water partition coefficient (Wildman–Crippen LogP) is 2.00. The number of imidazole rings is 1. The Kier molecular flexibility index (Phi) is 6.09. The molecule has 0 bridgehead atoms. The van der Waals surface area contributed by atoms with Crippen molar-refractivity contribution in [1.82, 2.24) is 19.5 Å². The summed E-state index contributed by atoms with van der Waals surface area (Å²) in [7, 11) is 0. The fourth-order valence-corrected chi connectivity index (χ4v) is 3.98. The average molecular weight is 463 g/mol. The van der Waals surface area contributed by atoms with Crippen molar-refractivity contribution < 1.29 is 18.8 Å². The van der Waals surface area contributed by atoms with Gasteiger partial charge in [-0.3, -0.25) is 14.4 Å². The molecule has 174 valence electrons. The van der Waals surface area contributed by atoms with E-state index in [1.54, 1.807) is 17.0 Å². The topological polar surface area (TPSA) is 149 Å². The first-order chi connectivity index (χ1) is 16.3. The molecule has 5 N–H and O–H groups in total. The number of rotatable bonds is 6. The summed E-state index contributed by atoms with van der Waals surface area (Å²) in [5.74, 6) is 4.54. The molecule has 1 aliphatic rings. The van der Waals surface area contributed by atoms with Crippen molar-refractivity contribution in [2.45, 2.75) is 18.9 Å². The molecule has 1 fully saturated rings. The SMILES string of the molecule is C=CC(=O)N1CCCC1c1nc(-c2ccc(C(=O)Nc3cc(F)ccn3)cc2)c(C(N)=O)n1N. The van der Waals surface area contributed by atoms with Crippen molar-refractivity contribution in [3.05, 3.63) is 78.1 Å². The molecule has 3 amide bonds. The highest BCUT2D eigenvalue weighted by Crippen LogP contribution is 2.34. The molecule has 10 nitrogen and oxygen atoms in total. The Morgan fingerprint density at radius 1 is 1.21 bits per heavy atom. The molecule has 0 radical (unpaired) electrons. The lowest BCUT2D eigenvalue weighted by molar-refractivity contribution is -0.127. The van der Waals surface area contributed by atoms with Crippen molar-refractivity contribution in [2.24, 2.45) is 5.73 Å². The van der Waals surface area contributed by atoms with Gasteiger partial charge in [0.2, 0.25) is 5.91 Å². The molecule has 1 unspecified atom stereocenters. The fraction of sp³-hybridized carbons (Fsp3) is 0.174. The van der Waals surface area contributed by atoms with Gasteiger partial charge in [0.25, 0.3) is 11.8 Å². The molecule has 0 spiro atoms. The van der Waals surface area contributed by atoms with Crippen molar-refractivity contribution in [1.29, 1.82) is 0 Å². The minimum absolute atomic E-state index is 0.0194. The van der Waals surface area contributed by atoms with Crippen LogP contribution in [0.15, 0.2) is 55.3 Å². The molecule has 4 rings (SSSR count). The van der Waals surface area contributed by atoms with Crippen LogP contribution in [0.1, 0.15) is 45.6 Å². The van der Waals surface area contributed by atoms with E-state index in [4.69, 9.17) is 11.6 Å². The number of halogens is 1. The van der Waals surface area contributed by atoms with E-state index in [0.717, 1.165) is 17.2 Å². The number of likely N-dealkylation sites (tertiary alicyclic amines) is 1. The van der Waals surface area contributed by atoms with Gasteiger partial charge in [0.05, 0.1) is 6.04 Å². The van der Waals surface area contributed by atoms with Crippen LogP contribution in [0.4, 0.5) is 10.2 Å². The van der Waals surface area contributed by atoms with E-state index in [-0.39, 0.29) is 28.7 Å². The number of carbonyl (C=O) groups is 3. The van der Waals surface area contributed by atoms with Crippen LogP contribution in [0.25, 0.3) is 11.3 Å². The van der Waals surface area contributed by atoms with Gasteiger partial charge in [-0.05, 0) is 37.1 Å². The van der Waals surface area contributed by atoms with E-state index >= 15 is 0 Å². The maximum atomic E-state index is 13.3. The van der Waals surface area contributed by atoms with Crippen molar-refractivity contribution in [3.8, 4) is 11.3 Å². The van der Waals surface area contributed by atoms with Gasteiger partial charge in [0, 0.05) is 29.9 Å². The first-order valence-corrected chi connectivity index (χ1v) is 10.4. The molecule has 2 aromatic heterocycles. The number of benzene rings is 1. The van der Waals surface area contributed by atoms with Crippen molar-refractivity contribution in [3.63, 3.8) is 0 Å². The number of nitrogens with zero attached hydrogens (tertiary/aromatic N) is 4. The molecule has 1 atom stereocenters. The number of nitrogen functional groups attached to an aromatic ring is 1. The first kappa shape index (κ1) is 22.6. The second-order valence-electron chi connectivity index (χ2n) is 7.69. The fourth-order valence-electron chi connectivity index (χ4n) is 3.98. The van der Waals surface area contributed by atoms with Crippen LogP contribution in [0.2, 0.25) is 0 Å². The zero-order chi connectivity index (χ0) is 24.4. The number of primary amides is 1. The van der Waals surface area contributed by atoms with Crippen LogP contribution in [0.3, 0.4) is 0 Å². The number of amides is 3. The van der Waals surface area contributed by atoms with Gasteiger partial charge in [-0.1, -0.05) is 18.7 Å². The van der Waals surface area contributed by atoms with Crippen LogP contribution in [-0.4, -0.2) is 43.8 Å². The summed E-state index contributed by atoms with van der Waals surface area (Å²) in [6, 6.07) is 8.07. The quantitative estimate of drug-likeness (QED) is 0.376.